The van der Waals surface area contributed by atoms with Gasteiger partial charge in [0.15, 0.2) is 11.5 Å². The van der Waals surface area contributed by atoms with Crippen LogP contribution in [0.15, 0.2) is 60.7 Å². The minimum Gasteiger partial charge on any atom is -0.497 e. The van der Waals surface area contributed by atoms with Crippen molar-refractivity contribution in [1.29, 1.82) is 0 Å². The van der Waals surface area contributed by atoms with Crippen LogP contribution in [0.3, 0.4) is 0 Å². The molecule has 39 heavy (non-hydrogen) atoms. The summed E-state index contributed by atoms with van der Waals surface area (Å²) in [5.41, 5.74) is 3.22. The Hall–Kier alpha value is -3.88. The summed E-state index contributed by atoms with van der Waals surface area (Å²) in [4.78, 5) is 15.4. The van der Waals surface area contributed by atoms with Gasteiger partial charge in [0, 0.05) is 25.2 Å². The number of aromatic nitrogens is 2. The van der Waals surface area contributed by atoms with Gasteiger partial charge < -0.3 is 23.8 Å². The molecule has 0 unspecified atom stereocenters. The van der Waals surface area contributed by atoms with E-state index < -0.39 is 0 Å². The van der Waals surface area contributed by atoms with Crippen LogP contribution in [0.2, 0.25) is 10.0 Å². The van der Waals surface area contributed by atoms with E-state index in [-0.39, 0.29) is 5.91 Å². The van der Waals surface area contributed by atoms with Crippen molar-refractivity contribution in [3.05, 3.63) is 82.0 Å². The zero-order valence-electron chi connectivity index (χ0n) is 22.3. The molecule has 4 rings (SSSR count). The Bertz CT molecular complexity index is 1490. The van der Waals surface area contributed by atoms with E-state index >= 15 is 0 Å². The first-order valence-corrected chi connectivity index (χ1v) is 12.8. The van der Waals surface area contributed by atoms with Crippen molar-refractivity contribution in [2.75, 3.05) is 42.0 Å². The Morgan fingerprint density at radius 1 is 0.821 bits per heavy atom. The number of halogens is 2. The summed E-state index contributed by atoms with van der Waals surface area (Å²) in [6.07, 6.45) is 0.614. The molecule has 0 saturated carbocycles. The van der Waals surface area contributed by atoms with Gasteiger partial charge in [-0.05, 0) is 60.5 Å². The first-order chi connectivity index (χ1) is 18.8. The zero-order valence-corrected chi connectivity index (χ0v) is 23.8. The van der Waals surface area contributed by atoms with Crippen LogP contribution in [-0.2, 0) is 6.42 Å². The number of carbonyl (C=O) groups excluding carboxylic acids is 1. The molecule has 0 aliphatic carbocycles. The summed E-state index contributed by atoms with van der Waals surface area (Å²) in [5.74, 6) is 2.28. The second-order valence-electron chi connectivity index (χ2n) is 8.66. The molecule has 0 radical (unpaired) electrons. The lowest BCUT2D eigenvalue weighted by molar-refractivity contribution is 0.0787. The van der Waals surface area contributed by atoms with E-state index in [9.17, 15) is 4.79 Å². The topological polar surface area (TPSA) is 75.0 Å². The highest BCUT2D eigenvalue weighted by Gasteiger charge is 2.23. The smallest absolute Gasteiger partial charge is 0.272 e. The van der Waals surface area contributed by atoms with Gasteiger partial charge in [-0.25, -0.2) is 4.68 Å². The minimum absolute atomic E-state index is 0.215. The van der Waals surface area contributed by atoms with Crippen molar-refractivity contribution in [3.8, 4) is 39.9 Å². The molecule has 0 atom stereocenters. The molecular weight excluding hydrogens is 541 g/mol. The van der Waals surface area contributed by atoms with Crippen molar-refractivity contribution >= 4 is 29.1 Å². The number of likely N-dealkylation sites (N-methyl/N-ethyl adjacent to an activating group) is 1. The van der Waals surface area contributed by atoms with E-state index in [1.165, 1.54) is 0 Å². The van der Waals surface area contributed by atoms with Crippen molar-refractivity contribution in [2.45, 2.75) is 6.42 Å². The molecule has 0 N–H and O–H groups in total. The van der Waals surface area contributed by atoms with Gasteiger partial charge in [-0.2, -0.15) is 5.10 Å². The molecule has 0 aliphatic heterocycles. The largest absolute Gasteiger partial charge is 0.497 e. The third-order valence-corrected chi connectivity index (χ3v) is 7.03. The van der Waals surface area contributed by atoms with Gasteiger partial charge in [0.1, 0.15) is 17.2 Å². The monoisotopic (exact) mass is 569 g/mol. The number of hydrogen-bond donors (Lipinski definition) is 0. The van der Waals surface area contributed by atoms with E-state index in [1.54, 1.807) is 75.4 Å². The summed E-state index contributed by atoms with van der Waals surface area (Å²) >= 11 is 12.5. The molecule has 8 nitrogen and oxygen atoms in total. The van der Waals surface area contributed by atoms with Gasteiger partial charge in [0.2, 0.25) is 0 Å². The third kappa shape index (κ3) is 6.08. The summed E-state index contributed by atoms with van der Waals surface area (Å²) in [6, 6.07) is 18.0. The molecule has 1 aromatic heterocycles. The van der Waals surface area contributed by atoms with E-state index in [4.69, 9.17) is 47.2 Å². The van der Waals surface area contributed by atoms with E-state index in [0.717, 1.165) is 5.56 Å². The summed E-state index contributed by atoms with van der Waals surface area (Å²) in [6.45, 7) is 0.460. The number of benzene rings is 3. The van der Waals surface area contributed by atoms with E-state index in [1.807, 2.05) is 30.3 Å². The van der Waals surface area contributed by atoms with Crippen LogP contribution in [0.1, 0.15) is 16.1 Å². The molecule has 0 bridgehead atoms. The predicted octanol–water partition coefficient (Wildman–Crippen LogP) is 6.20. The van der Waals surface area contributed by atoms with Crippen LogP contribution in [0.5, 0.6) is 23.0 Å². The Morgan fingerprint density at radius 3 is 2.23 bits per heavy atom. The van der Waals surface area contributed by atoms with Crippen LogP contribution < -0.4 is 18.9 Å². The number of ether oxygens (including phenoxy) is 4. The average molecular weight is 570 g/mol. The van der Waals surface area contributed by atoms with Crippen molar-refractivity contribution in [1.82, 2.24) is 14.7 Å². The lowest BCUT2D eigenvalue weighted by Gasteiger charge is -2.18. The normalized spacial score (nSPS) is 10.7. The maximum Gasteiger partial charge on any atom is 0.272 e. The highest BCUT2D eigenvalue weighted by molar-refractivity contribution is 6.42. The lowest BCUT2D eigenvalue weighted by Crippen LogP contribution is -2.30. The average Bonchev–Trinajstić information content (AvgIpc) is 3.41. The maximum atomic E-state index is 13.7. The molecule has 0 aliphatic rings. The van der Waals surface area contributed by atoms with Gasteiger partial charge in [-0.1, -0.05) is 29.3 Å². The summed E-state index contributed by atoms with van der Waals surface area (Å²) < 4.78 is 23.2. The van der Waals surface area contributed by atoms with Gasteiger partial charge >= 0.3 is 0 Å². The number of rotatable bonds is 10. The number of hydrogen-bond acceptors (Lipinski definition) is 6. The summed E-state index contributed by atoms with van der Waals surface area (Å²) in [5, 5.41) is 5.53. The van der Waals surface area contributed by atoms with E-state index in [0.29, 0.717) is 68.6 Å². The maximum absolute atomic E-state index is 13.7. The van der Waals surface area contributed by atoms with Crippen molar-refractivity contribution in [2.24, 2.45) is 0 Å². The predicted molar refractivity (Wildman–Crippen MR) is 152 cm³/mol. The molecular formula is C29H29Cl2N3O5. The highest BCUT2D eigenvalue weighted by atomic mass is 35.5. The quantitative estimate of drug-likeness (QED) is 0.226. The standard InChI is InChI=1S/C29H29Cl2N3O5/c1-33(13-12-18-6-11-26(37-3)28(14-18)39-5)29(35)25-17-24(21-9-8-20(36-2)16-27(21)38-4)32-34(25)19-7-10-22(30)23(31)15-19/h6-11,14-17H,12-13H2,1-5H3. The fourth-order valence-corrected chi connectivity index (χ4v) is 4.41. The zero-order chi connectivity index (χ0) is 28.1. The van der Waals surface area contributed by atoms with Gasteiger partial charge in [0.25, 0.3) is 5.91 Å². The van der Waals surface area contributed by atoms with Gasteiger partial charge in [0.05, 0.1) is 49.9 Å². The van der Waals surface area contributed by atoms with E-state index in [2.05, 4.69) is 0 Å². The second-order valence-corrected chi connectivity index (χ2v) is 9.47. The van der Waals surface area contributed by atoms with Crippen LogP contribution in [0.25, 0.3) is 16.9 Å². The van der Waals surface area contributed by atoms with Gasteiger partial charge in [-0.3, -0.25) is 4.79 Å². The number of amides is 1. The molecule has 1 heterocycles. The fourth-order valence-electron chi connectivity index (χ4n) is 4.12. The molecule has 4 aromatic rings. The third-order valence-electron chi connectivity index (χ3n) is 6.29. The first kappa shape index (κ1) is 28.1. The number of methoxy groups -OCH3 is 4. The first-order valence-electron chi connectivity index (χ1n) is 12.0. The Morgan fingerprint density at radius 2 is 1.56 bits per heavy atom. The highest BCUT2D eigenvalue weighted by Crippen LogP contribution is 2.34. The van der Waals surface area contributed by atoms with Crippen molar-refractivity contribution < 1.29 is 23.7 Å². The van der Waals surface area contributed by atoms with Crippen LogP contribution in [0, 0.1) is 0 Å². The van der Waals surface area contributed by atoms with Crippen LogP contribution in [-0.4, -0.2) is 62.6 Å². The molecule has 1 amide bonds. The Labute approximate surface area is 237 Å². The minimum atomic E-state index is -0.215. The van der Waals surface area contributed by atoms with Crippen LogP contribution >= 0.6 is 23.2 Å². The Balaban J connectivity index is 1.69. The lowest BCUT2D eigenvalue weighted by atomic mass is 10.1. The molecule has 0 spiro atoms. The van der Waals surface area contributed by atoms with Crippen LogP contribution in [0.4, 0.5) is 0 Å². The molecule has 0 saturated heterocycles. The van der Waals surface area contributed by atoms with Gasteiger partial charge in [-0.15, -0.1) is 0 Å². The molecule has 3 aromatic carbocycles. The number of carbonyl (C=O) groups is 1. The molecule has 204 valence electrons. The molecule has 0 fully saturated rings. The summed E-state index contributed by atoms with van der Waals surface area (Å²) in [7, 11) is 8.10. The second kappa shape index (κ2) is 12.3. The fraction of sp³-hybridized carbons (Fsp3) is 0.241. The molecule has 10 heteroatoms. The Kier molecular flexibility index (Phi) is 8.89. The SMILES string of the molecule is COc1ccc(-c2cc(C(=O)N(C)CCc3ccc(OC)c(OC)c3)n(-c3ccc(Cl)c(Cl)c3)n2)c(OC)c1. The number of nitrogens with zero attached hydrogens (tertiary/aromatic N) is 3. The van der Waals surface area contributed by atoms with Crippen molar-refractivity contribution in [3.63, 3.8) is 0 Å².